The molecule has 150 valence electrons. The number of carboxylic acid groups (broad SMARTS) is 1. The predicted molar refractivity (Wildman–Crippen MR) is 101 cm³/mol. The van der Waals surface area contributed by atoms with Gasteiger partial charge in [0.2, 0.25) is 0 Å². The molecule has 0 aromatic heterocycles. The highest BCUT2D eigenvalue weighted by atomic mass is 32.1. The maximum Gasteiger partial charge on any atom is 0.414 e. The third-order valence-corrected chi connectivity index (χ3v) is 5.90. The van der Waals surface area contributed by atoms with Gasteiger partial charge in [-0.2, -0.15) is 0 Å². The van der Waals surface area contributed by atoms with Gasteiger partial charge in [-0.1, -0.05) is 12.2 Å². The van der Waals surface area contributed by atoms with E-state index in [4.69, 9.17) is 9.84 Å². The second-order valence-electron chi connectivity index (χ2n) is 7.28. The van der Waals surface area contributed by atoms with Gasteiger partial charge in [0.1, 0.15) is 11.1 Å². The van der Waals surface area contributed by atoms with Crippen molar-refractivity contribution in [3.63, 3.8) is 0 Å². The Bertz CT molecular complexity index is 795. The van der Waals surface area contributed by atoms with Gasteiger partial charge in [-0.3, -0.25) is 9.69 Å². The first-order chi connectivity index (χ1) is 13.3. The summed E-state index contributed by atoms with van der Waals surface area (Å²) < 4.78 is 30.0. The fourth-order valence-electron chi connectivity index (χ4n) is 4.08. The molecule has 2 heterocycles. The van der Waals surface area contributed by atoms with E-state index in [9.17, 15) is 18.4 Å². The number of hydrogen-bond donors (Lipinski definition) is 2. The van der Waals surface area contributed by atoms with E-state index in [1.807, 2.05) is 12.1 Å². The number of rotatable bonds is 6. The molecule has 28 heavy (non-hydrogen) atoms. The molecule has 4 atom stereocenters. The number of alkyl halides is 2. The molecule has 1 amide bonds. The predicted octanol–water partition coefficient (Wildman–Crippen LogP) is 1.96. The number of aliphatic carboxylic acids is 1. The topological polar surface area (TPSA) is 82.1 Å². The highest BCUT2D eigenvalue weighted by Gasteiger charge is 2.59. The summed E-state index contributed by atoms with van der Waals surface area (Å²) in [4.78, 5) is 26.2. The molecule has 1 saturated carbocycles. The maximum absolute atomic E-state index is 12.4. The molecule has 7 nitrogen and oxygen atoms in total. The summed E-state index contributed by atoms with van der Waals surface area (Å²) in [5, 5.41) is 11.5. The summed E-state index contributed by atoms with van der Waals surface area (Å²) in [5.74, 6) is -0.481. The number of carboxylic acids is 1. The van der Waals surface area contributed by atoms with Crippen molar-refractivity contribution in [3.8, 4) is 0 Å². The average Bonchev–Trinajstić information content (AvgIpc) is 2.99. The van der Waals surface area contributed by atoms with Gasteiger partial charge in [-0.05, 0) is 36.1 Å². The zero-order valence-electron chi connectivity index (χ0n) is 14.8. The number of cyclic esters (lactones) is 1. The molecule has 0 radical (unpaired) electrons. The number of carbonyl (C=O) groups excluding carboxylic acids is 1. The van der Waals surface area contributed by atoms with Crippen LogP contribution in [-0.2, 0) is 9.53 Å². The molecule has 3 fully saturated rings. The van der Waals surface area contributed by atoms with Gasteiger partial charge in [-0.15, -0.1) is 0 Å². The third kappa shape index (κ3) is 3.48. The summed E-state index contributed by atoms with van der Waals surface area (Å²) in [6, 6.07) is 7.38. The van der Waals surface area contributed by atoms with Gasteiger partial charge in [0.05, 0.1) is 19.0 Å². The fourth-order valence-corrected chi connectivity index (χ4v) is 4.16. The van der Waals surface area contributed by atoms with Crippen LogP contribution in [0.4, 0.5) is 25.0 Å². The standard InChI is InChI=1S/C18H19F2N3O4S/c19-15(20)16(28)21-5-11-6-23(18(26)27-11)10-3-1-9(2-4-10)22-7-12-13(8-22)14(12)17(24)25/h1-4,11-15H,5-8H2,(H,21,28)(H,24,25)/t11-,12-,13+,14?/m1/s1. The molecule has 1 unspecified atom stereocenters. The third-order valence-electron chi connectivity index (χ3n) is 5.58. The first kappa shape index (κ1) is 18.9. The van der Waals surface area contributed by atoms with E-state index in [2.05, 4.69) is 22.4 Å². The number of hydrogen-bond acceptors (Lipinski definition) is 5. The van der Waals surface area contributed by atoms with Crippen LogP contribution in [0.3, 0.4) is 0 Å². The lowest BCUT2D eigenvalue weighted by Gasteiger charge is -2.22. The van der Waals surface area contributed by atoms with Gasteiger partial charge in [0, 0.05) is 24.5 Å². The van der Waals surface area contributed by atoms with E-state index in [-0.39, 0.29) is 30.8 Å². The number of amides is 1. The van der Waals surface area contributed by atoms with Gasteiger partial charge < -0.3 is 20.1 Å². The van der Waals surface area contributed by atoms with Crippen molar-refractivity contribution in [1.29, 1.82) is 0 Å². The normalized spacial score (nSPS) is 28.3. The number of piperidine rings is 1. The second-order valence-corrected chi connectivity index (χ2v) is 7.72. The number of nitrogens with one attached hydrogen (secondary N) is 1. The van der Waals surface area contributed by atoms with E-state index < -0.39 is 29.6 Å². The Balaban J connectivity index is 1.32. The summed E-state index contributed by atoms with van der Waals surface area (Å²) in [5.41, 5.74) is 1.63. The number of ether oxygens (including phenoxy) is 1. The van der Waals surface area contributed by atoms with Crippen molar-refractivity contribution in [2.45, 2.75) is 12.5 Å². The van der Waals surface area contributed by atoms with Crippen LogP contribution < -0.4 is 15.1 Å². The molecule has 0 bridgehead atoms. The highest BCUT2D eigenvalue weighted by Crippen LogP contribution is 2.52. The van der Waals surface area contributed by atoms with Crippen LogP contribution in [-0.4, -0.2) is 60.9 Å². The summed E-state index contributed by atoms with van der Waals surface area (Å²) in [6.45, 7) is 1.73. The van der Waals surface area contributed by atoms with Crippen LogP contribution in [0.2, 0.25) is 0 Å². The fraction of sp³-hybridized carbons (Fsp3) is 0.500. The van der Waals surface area contributed by atoms with Crippen molar-refractivity contribution in [1.82, 2.24) is 5.32 Å². The summed E-state index contributed by atoms with van der Waals surface area (Å²) >= 11 is 4.51. The number of fused-ring (bicyclic) bond motifs is 1. The van der Waals surface area contributed by atoms with Gasteiger partial charge in [0.25, 0.3) is 6.43 Å². The summed E-state index contributed by atoms with van der Waals surface area (Å²) in [7, 11) is 0. The largest absolute Gasteiger partial charge is 0.481 e. The molecule has 1 aromatic rings. The molecule has 10 heteroatoms. The van der Waals surface area contributed by atoms with Crippen LogP contribution in [0, 0.1) is 17.8 Å². The molecule has 1 aromatic carbocycles. The van der Waals surface area contributed by atoms with E-state index in [1.165, 1.54) is 4.90 Å². The molecule has 4 rings (SSSR count). The number of nitrogens with zero attached hydrogens (tertiary/aromatic N) is 2. The monoisotopic (exact) mass is 411 g/mol. The number of benzene rings is 1. The van der Waals surface area contributed by atoms with E-state index in [1.54, 1.807) is 12.1 Å². The first-order valence-electron chi connectivity index (χ1n) is 8.97. The van der Waals surface area contributed by atoms with Crippen molar-refractivity contribution in [2.75, 3.05) is 36.0 Å². The number of thiocarbonyl (C=S) groups is 1. The lowest BCUT2D eigenvalue weighted by molar-refractivity contribution is -0.139. The number of halogens is 2. The van der Waals surface area contributed by atoms with E-state index in [0.29, 0.717) is 5.69 Å². The quantitative estimate of drug-likeness (QED) is 0.693. The zero-order valence-corrected chi connectivity index (χ0v) is 15.6. The maximum atomic E-state index is 12.4. The second kappa shape index (κ2) is 7.16. The van der Waals surface area contributed by atoms with Gasteiger partial charge in [-0.25, -0.2) is 13.6 Å². The van der Waals surface area contributed by atoms with E-state index >= 15 is 0 Å². The number of anilines is 2. The SMILES string of the molecule is O=C(O)C1[C@H]2CN(c3ccc(N4C[C@@H](CNC(=S)C(F)F)OC4=O)cc3)C[C@@H]12. The van der Waals surface area contributed by atoms with Crippen molar-refractivity contribution >= 4 is 40.6 Å². The number of carbonyl (C=O) groups is 2. The molecular weight excluding hydrogens is 392 g/mol. The van der Waals surface area contributed by atoms with Crippen LogP contribution in [0.15, 0.2) is 24.3 Å². The minimum Gasteiger partial charge on any atom is -0.481 e. The molecule has 0 spiro atoms. The summed E-state index contributed by atoms with van der Waals surface area (Å²) in [6.07, 6.45) is -3.84. The molecular formula is C18H19F2N3O4S. The molecule has 1 aliphatic carbocycles. The van der Waals surface area contributed by atoms with Crippen LogP contribution in [0.25, 0.3) is 0 Å². The van der Waals surface area contributed by atoms with Crippen LogP contribution >= 0.6 is 12.2 Å². The Morgan fingerprint density at radius 1 is 1.21 bits per heavy atom. The Morgan fingerprint density at radius 2 is 1.82 bits per heavy atom. The average molecular weight is 411 g/mol. The molecule has 2 N–H and O–H groups in total. The van der Waals surface area contributed by atoms with Gasteiger partial charge in [0.15, 0.2) is 0 Å². The minimum absolute atomic E-state index is 0.0325. The van der Waals surface area contributed by atoms with Crippen molar-refractivity contribution in [3.05, 3.63) is 24.3 Å². The van der Waals surface area contributed by atoms with Crippen molar-refractivity contribution in [2.24, 2.45) is 17.8 Å². The Kier molecular flexibility index (Phi) is 4.82. The molecule has 2 saturated heterocycles. The highest BCUT2D eigenvalue weighted by molar-refractivity contribution is 7.80. The van der Waals surface area contributed by atoms with Gasteiger partial charge >= 0.3 is 12.1 Å². The van der Waals surface area contributed by atoms with Crippen molar-refractivity contribution < 1.29 is 28.2 Å². The molecule has 2 aliphatic heterocycles. The zero-order chi connectivity index (χ0) is 20.0. The lowest BCUT2D eigenvalue weighted by atomic mass is 10.2. The van der Waals surface area contributed by atoms with Crippen LogP contribution in [0.1, 0.15) is 0 Å². The smallest absolute Gasteiger partial charge is 0.414 e. The molecule has 3 aliphatic rings. The first-order valence-corrected chi connectivity index (χ1v) is 9.38. The lowest BCUT2D eigenvalue weighted by Crippen LogP contribution is -2.36. The Morgan fingerprint density at radius 3 is 2.39 bits per heavy atom. The Hall–Kier alpha value is -2.49. The van der Waals surface area contributed by atoms with E-state index in [0.717, 1.165) is 18.8 Å². The minimum atomic E-state index is -2.74. The van der Waals surface area contributed by atoms with Crippen LogP contribution in [0.5, 0.6) is 0 Å². The Labute approximate surface area is 165 Å².